The van der Waals surface area contributed by atoms with Gasteiger partial charge in [-0.3, -0.25) is 14.4 Å². The highest BCUT2D eigenvalue weighted by Crippen LogP contribution is 2.49. The maximum atomic E-state index is 13.6. The van der Waals surface area contributed by atoms with Crippen LogP contribution in [0, 0.1) is 12.8 Å². The van der Waals surface area contributed by atoms with Crippen molar-refractivity contribution in [3.05, 3.63) is 94.0 Å². The number of amides is 2. The van der Waals surface area contributed by atoms with Crippen molar-refractivity contribution in [1.29, 1.82) is 0 Å². The summed E-state index contributed by atoms with van der Waals surface area (Å²) in [7, 11) is 0. The van der Waals surface area contributed by atoms with Gasteiger partial charge in [0.2, 0.25) is 5.91 Å². The Labute approximate surface area is 189 Å². The van der Waals surface area contributed by atoms with Crippen molar-refractivity contribution in [2.45, 2.75) is 19.1 Å². The molecular formula is C24H18Cl2N2O3. The Morgan fingerprint density at radius 3 is 2.29 bits per heavy atom. The van der Waals surface area contributed by atoms with Crippen LogP contribution in [0.3, 0.4) is 0 Å². The number of hydroxylamine groups is 1. The summed E-state index contributed by atoms with van der Waals surface area (Å²) in [6.07, 6.45) is -0.941. The minimum Gasteiger partial charge on any atom is -0.273 e. The summed E-state index contributed by atoms with van der Waals surface area (Å²) in [4.78, 5) is 34.3. The second-order valence-electron chi connectivity index (χ2n) is 7.62. The van der Waals surface area contributed by atoms with Crippen LogP contribution in [0.15, 0.2) is 72.8 Å². The van der Waals surface area contributed by atoms with Gasteiger partial charge in [-0.25, -0.2) is 9.96 Å². The number of rotatable bonds is 3. The standard InChI is InChI=1S/C24H18Cl2N2O3/c1-14-7-5-6-10-19(14)27-23(29)20-21(17-12-11-15(25)13-18(17)26)28(31-22(20)24(27)30)16-8-3-2-4-9-16/h2-13,20-22H,1H3/t20-,21+,22+/m1/s1. The minimum absolute atomic E-state index is 0.307. The average Bonchev–Trinajstić information content (AvgIpc) is 3.26. The lowest BCUT2D eigenvalue weighted by atomic mass is 9.90. The molecule has 5 rings (SSSR count). The molecule has 0 bridgehead atoms. The number of fused-ring (bicyclic) bond motifs is 1. The molecule has 3 aromatic carbocycles. The number of carbonyl (C=O) groups is 2. The van der Waals surface area contributed by atoms with Crippen LogP contribution >= 0.6 is 23.2 Å². The molecule has 2 amide bonds. The predicted octanol–water partition coefficient (Wildman–Crippen LogP) is 5.35. The van der Waals surface area contributed by atoms with E-state index in [1.54, 1.807) is 29.3 Å². The van der Waals surface area contributed by atoms with E-state index in [2.05, 4.69) is 0 Å². The van der Waals surface area contributed by atoms with Gasteiger partial charge in [0.05, 0.1) is 17.4 Å². The lowest BCUT2D eigenvalue weighted by Gasteiger charge is -2.29. The summed E-state index contributed by atoms with van der Waals surface area (Å²) < 4.78 is 0. The maximum absolute atomic E-state index is 13.6. The van der Waals surface area contributed by atoms with Crippen LogP contribution in [-0.2, 0) is 14.4 Å². The first-order chi connectivity index (χ1) is 15.0. The Kier molecular flexibility index (Phi) is 4.97. The minimum atomic E-state index is -0.941. The molecule has 0 aliphatic carbocycles. The SMILES string of the molecule is Cc1ccccc1N1C(=O)[C@H]2[C@H](ON(c3ccccc3)[C@H]2c2ccc(Cl)cc2Cl)C1=O. The number of hydrogen-bond acceptors (Lipinski definition) is 4. The quantitative estimate of drug-likeness (QED) is 0.502. The average molecular weight is 453 g/mol. The molecule has 3 aromatic rings. The number of carbonyl (C=O) groups excluding carboxylic acids is 2. The number of aryl methyl sites for hydroxylation is 1. The zero-order chi connectivity index (χ0) is 21.7. The molecular weight excluding hydrogens is 435 g/mol. The number of anilines is 2. The molecule has 2 fully saturated rings. The van der Waals surface area contributed by atoms with E-state index in [0.29, 0.717) is 21.3 Å². The van der Waals surface area contributed by atoms with Crippen molar-refractivity contribution in [1.82, 2.24) is 0 Å². The van der Waals surface area contributed by atoms with Crippen molar-refractivity contribution in [2.75, 3.05) is 9.96 Å². The highest BCUT2D eigenvalue weighted by Gasteiger charge is 2.60. The summed E-state index contributed by atoms with van der Waals surface area (Å²) in [5.74, 6) is -1.43. The normalized spacial score (nSPS) is 22.9. The van der Waals surface area contributed by atoms with E-state index < -0.39 is 18.1 Å². The monoisotopic (exact) mass is 452 g/mol. The fourth-order valence-electron chi connectivity index (χ4n) is 4.32. The Bertz CT molecular complexity index is 1180. The molecule has 2 aliphatic rings. The molecule has 5 nitrogen and oxygen atoms in total. The highest BCUT2D eigenvalue weighted by atomic mass is 35.5. The van der Waals surface area contributed by atoms with Crippen molar-refractivity contribution in [3.8, 4) is 0 Å². The van der Waals surface area contributed by atoms with Crippen LogP contribution in [0.4, 0.5) is 11.4 Å². The fourth-order valence-corrected chi connectivity index (χ4v) is 4.84. The van der Waals surface area contributed by atoms with Crippen molar-refractivity contribution in [2.24, 2.45) is 5.92 Å². The molecule has 3 atom stereocenters. The van der Waals surface area contributed by atoms with Gasteiger partial charge in [0.15, 0.2) is 6.10 Å². The summed E-state index contributed by atoms with van der Waals surface area (Å²) in [6, 6.07) is 21.2. The van der Waals surface area contributed by atoms with Crippen LogP contribution in [0.25, 0.3) is 0 Å². The molecule has 0 radical (unpaired) electrons. The number of benzene rings is 3. The molecule has 0 saturated carbocycles. The van der Waals surface area contributed by atoms with E-state index in [-0.39, 0.29) is 11.8 Å². The zero-order valence-electron chi connectivity index (χ0n) is 16.5. The maximum Gasteiger partial charge on any atom is 0.266 e. The molecule has 0 spiro atoms. The van der Waals surface area contributed by atoms with Gasteiger partial charge < -0.3 is 0 Å². The fraction of sp³-hybridized carbons (Fsp3) is 0.167. The third-order valence-corrected chi connectivity index (χ3v) is 6.33. The van der Waals surface area contributed by atoms with E-state index in [1.807, 2.05) is 55.5 Å². The van der Waals surface area contributed by atoms with Gasteiger partial charge in [-0.1, -0.05) is 65.7 Å². The molecule has 2 saturated heterocycles. The third-order valence-electron chi connectivity index (χ3n) is 5.76. The van der Waals surface area contributed by atoms with Gasteiger partial charge in [0.1, 0.15) is 5.92 Å². The summed E-state index contributed by atoms with van der Waals surface area (Å²) in [5, 5.41) is 2.53. The first kappa shape index (κ1) is 20.1. The van der Waals surface area contributed by atoms with Gasteiger partial charge >= 0.3 is 0 Å². The predicted molar refractivity (Wildman–Crippen MR) is 120 cm³/mol. The van der Waals surface area contributed by atoms with Gasteiger partial charge in [0, 0.05) is 10.0 Å². The molecule has 31 heavy (non-hydrogen) atoms. The van der Waals surface area contributed by atoms with Crippen LogP contribution in [0.5, 0.6) is 0 Å². The third kappa shape index (κ3) is 3.21. The largest absolute Gasteiger partial charge is 0.273 e. The number of imide groups is 1. The van der Waals surface area contributed by atoms with Gasteiger partial charge in [-0.2, -0.15) is 0 Å². The Balaban J connectivity index is 1.63. The van der Waals surface area contributed by atoms with Crippen molar-refractivity contribution >= 4 is 46.4 Å². The van der Waals surface area contributed by atoms with Gasteiger partial charge in [-0.05, 0) is 48.4 Å². The molecule has 0 unspecified atom stereocenters. The van der Waals surface area contributed by atoms with Crippen LogP contribution in [0.1, 0.15) is 17.2 Å². The molecule has 0 N–H and O–H groups in total. The molecule has 2 heterocycles. The topological polar surface area (TPSA) is 49.9 Å². The number of para-hydroxylation sites is 2. The van der Waals surface area contributed by atoms with E-state index in [4.69, 9.17) is 28.0 Å². The second-order valence-corrected chi connectivity index (χ2v) is 8.47. The zero-order valence-corrected chi connectivity index (χ0v) is 18.0. The smallest absolute Gasteiger partial charge is 0.266 e. The molecule has 7 heteroatoms. The lowest BCUT2D eigenvalue weighted by Crippen LogP contribution is -2.37. The Morgan fingerprint density at radius 1 is 0.871 bits per heavy atom. The summed E-state index contributed by atoms with van der Waals surface area (Å²) in [5.41, 5.74) is 2.82. The summed E-state index contributed by atoms with van der Waals surface area (Å²) in [6.45, 7) is 1.87. The summed E-state index contributed by atoms with van der Waals surface area (Å²) >= 11 is 12.6. The lowest BCUT2D eigenvalue weighted by molar-refractivity contribution is -0.126. The molecule has 0 aromatic heterocycles. The van der Waals surface area contributed by atoms with Crippen LogP contribution in [-0.4, -0.2) is 17.9 Å². The van der Waals surface area contributed by atoms with E-state index in [1.165, 1.54) is 4.90 Å². The number of nitrogens with zero attached hydrogens (tertiary/aromatic N) is 2. The number of hydrogen-bond donors (Lipinski definition) is 0. The first-order valence-corrected chi connectivity index (χ1v) is 10.6. The Hall–Kier alpha value is -2.86. The van der Waals surface area contributed by atoms with E-state index >= 15 is 0 Å². The Morgan fingerprint density at radius 2 is 1.58 bits per heavy atom. The number of halogens is 2. The van der Waals surface area contributed by atoms with Gasteiger partial charge in [-0.15, -0.1) is 0 Å². The van der Waals surface area contributed by atoms with Gasteiger partial charge in [0.25, 0.3) is 5.91 Å². The van der Waals surface area contributed by atoms with Crippen molar-refractivity contribution in [3.63, 3.8) is 0 Å². The van der Waals surface area contributed by atoms with E-state index in [0.717, 1.165) is 11.3 Å². The van der Waals surface area contributed by atoms with Crippen LogP contribution in [0.2, 0.25) is 10.0 Å². The molecule has 156 valence electrons. The first-order valence-electron chi connectivity index (χ1n) is 9.87. The van der Waals surface area contributed by atoms with Crippen LogP contribution < -0.4 is 9.96 Å². The second kappa shape index (κ2) is 7.68. The van der Waals surface area contributed by atoms with E-state index in [9.17, 15) is 9.59 Å². The highest BCUT2D eigenvalue weighted by molar-refractivity contribution is 6.35. The van der Waals surface area contributed by atoms with Crippen molar-refractivity contribution < 1.29 is 14.4 Å². The molecule has 2 aliphatic heterocycles.